The lowest BCUT2D eigenvalue weighted by molar-refractivity contribution is 0.0554. The van der Waals surface area contributed by atoms with E-state index in [0.717, 1.165) is 44.3 Å². The molecule has 1 aliphatic heterocycles. The molecule has 1 aliphatic carbocycles. The number of benzene rings is 2. The van der Waals surface area contributed by atoms with Crippen LogP contribution in [0.25, 0.3) is 11.3 Å². The molecule has 3 aromatic rings. The summed E-state index contributed by atoms with van der Waals surface area (Å²) in [6.07, 6.45) is 4.37. The Morgan fingerprint density at radius 3 is 2.45 bits per heavy atom. The van der Waals surface area contributed by atoms with Crippen LogP contribution in [-0.4, -0.2) is 53.1 Å². The second-order valence-electron chi connectivity index (χ2n) is 8.87. The van der Waals surface area contributed by atoms with Gasteiger partial charge in [0.1, 0.15) is 17.0 Å². The maximum atomic E-state index is 13.5. The third kappa shape index (κ3) is 3.79. The average Bonchev–Trinajstić information content (AvgIpc) is 3.42. The zero-order valence-corrected chi connectivity index (χ0v) is 18.3. The number of amides is 1. The molecule has 0 bridgehead atoms. The van der Waals surface area contributed by atoms with Crippen molar-refractivity contribution in [2.24, 2.45) is 0 Å². The number of fused-ring (bicyclic) bond motifs is 1. The van der Waals surface area contributed by atoms with E-state index in [1.807, 2.05) is 49.2 Å². The molecule has 1 fully saturated rings. The lowest BCUT2D eigenvalue weighted by Gasteiger charge is -2.40. The quantitative estimate of drug-likeness (QED) is 0.636. The van der Waals surface area contributed by atoms with Crippen LogP contribution in [0.5, 0.6) is 0 Å². The van der Waals surface area contributed by atoms with Crippen LogP contribution in [0, 0.1) is 6.92 Å². The van der Waals surface area contributed by atoms with E-state index in [2.05, 4.69) is 34.3 Å². The monoisotopic (exact) mass is 415 g/mol. The van der Waals surface area contributed by atoms with Gasteiger partial charge >= 0.3 is 0 Å². The summed E-state index contributed by atoms with van der Waals surface area (Å²) in [5, 5.41) is 4.20. The van der Waals surface area contributed by atoms with Crippen molar-refractivity contribution in [3.63, 3.8) is 0 Å². The van der Waals surface area contributed by atoms with Gasteiger partial charge in [-0.1, -0.05) is 59.8 Å². The summed E-state index contributed by atoms with van der Waals surface area (Å²) in [5.74, 6) is 0.578. The van der Waals surface area contributed by atoms with Crippen LogP contribution < -0.4 is 0 Å². The number of likely N-dealkylation sites (N-methyl/N-ethyl adjacent to an activating group) is 1. The zero-order valence-electron chi connectivity index (χ0n) is 18.3. The molecule has 5 heteroatoms. The highest BCUT2D eigenvalue weighted by Crippen LogP contribution is 2.30. The molecular formula is C26H29N3O2. The average molecular weight is 416 g/mol. The standard InChI is InChI=1S/C26H29N3O2/c1-18-24(25(27-31-18)19-9-4-3-5-10-19)26(30)28(2)22-13-8-14-29(17-22)23-15-20-11-6-7-12-21(20)16-23/h3-7,9-12,22-23H,8,13-17H2,1-2H3/t22-/m1/s1. The van der Waals surface area contributed by atoms with Gasteiger partial charge in [0.15, 0.2) is 0 Å². The molecule has 0 saturated carbocycles. The normalized spacial score (nSPS) is 19.4. The summed E-state index contributed by atoms with van der Waals surface area (Å²) in [7, 11) is 1.93. The largest absolute Gasteiger partial charge is 0.360 e. The van der Waals surface area contributed by atoms with Gasteiger partial charge in [-0.3, -0.25) is 9.69 Å². The number of likely N-dealkylation sites (tertiary alicyclic amines) is 1. The van der Waals surface area contributed by atoms with E-state index in [9.17, 15) is 4.79 Å². The minimum Gasteiger partial charge on any atom is -0.360 e. The van der Waals surface area contributed by atoms with E-state index < -0.39 is 0 Å². The fourth-order valence-electron chi connectivity index (χ4n) is 5.18. The number of carbonyl (C=O) groups excluding carboxylic acids is 1. The van der Waals surface area contributed by atoms with E-state index in [0.29, 0.717) is 23.1 Å². The van der Waals surface area contributed by atoms with Crippen LogP contribution in [0.4, 0.5) is 0 Å². The molecule has 5 nitrogen and oxygen atoms in total. The topological polar surface area (TPSA) is 49.6 Å². The Hall–Kier alpha value is -2.92. The molecule has 0 unspecified atom stereocenters. The van der Waals surface area contributed by atoms with E-state index in [4.69, 9.17) is 4.52 Å². The molecule has 1 saturated heterocycles. The number of hydrogen-bond acceptors (Lipinski definition) is 4. The maximum absolute atomic E-state index is 13.5. The Labute approximate surface area is 183 Å². The number of piperidine rings is 1. The molecule has 0 N–H and O–H groups in total. The molecule has 0 spiro atoms. The molecule has 0 radical (unpaired) electrons. The first-order valence-electron chi connectivity index (χ1n) is 11.2. The van der Waals surface area contributed by atoms with E-state index in [1.54, 1.807) is 0 Å². The second-order valence-corrected chi connectivity index (χ2v) is 8.87. The first-order valence-corrected chi connectivity index (χ1v) is 11.2. The Morgan fingerprint density at radius 2 is 1.74 bits per heavy atom. The third-order valence-corrected chi connectivity index (χ3v) is 6.97. The predicted molar refractivity (Wildman–Crippen MR) is 121 cm³/mol. The Balaban J connectivity index is 1.32. The first-order chi connectivity index (χ1) is 15.1. The van der Waals surface area contributed by atoms with Crippen molar-refractivity contribution in [3.05, 3.63) is 77.0 Å². The van der Waals surface area contributed by atoms with Crippen molar-refractivity contribution in [2.75, 3.05) is 20.1 Å². The van der Waals surface area contributed by atoms with E-state index in [-0.39, 0.29) is 11.9 Å². The number of aromatic nitrogens is 1. The van der Waals surface area contributed by atoms with Crippen LogP contribution in [0.1, 0.15) is 40.1 Å². The summed E-state index contributed by atoms with van der Waals surface area (Å²) in [6, 6.07) is 19.3. The number of rotatable bonds is 4. The van der Waals surface area contributed by atoms with Gasteiger partial charge in [0, 0.05) is 31.2 Å². The number of carbonyl (C=O) groups is 1. The first kappa shape index (κ1) is 20.0. The number of aryl methyl sites for hydroxylation is 1. The zero-order chi connectivity index (χ0) is 21.4. The highest BCUT2D eigenvalue weighted by Gasteiger charge is 2.34. The lowest BCUT2D eigenvalue weighted by atomic mass is 9.99. The fraction of sp³-hybridized carbons (Fsp3) is 0.385. The minimum absolute atomic E-state index is 0.000777. The summed E-state index contributed by atoms with van der Waals surface area (Å²) in [6.45, 7) is 3.86. The molecule has 1 aromatic heterocycles. The van der Waals surface area contributed by atoms with Crippen LogP contribution in [0.15, 0.2) is 59.1 Å². The molecule has 31 heavy (non-hydrogen) atoms. The van der Waals surface area contributed by atoms with Crippen LogP contribution >= 0.6 is 0 Å². The Morgan fingerprint density at radius 1 is 1.06 bits per heavy atom. The SMILES string of the molecule is Cc1onc(-c2ccccc2)c1C(=O)N(C)[C@@H]1CCCN(C2Cc3ccccc3C2)C1. The predicted octanol–water partition coefficient (Wildman–Crippen LogP) is 4.35. The molecular weight excluding hydrogens is 386 g/mol. The minimum atomic E-state index is -0.000777. The Bertz CT molecular complexity index is 1050. The Kier molecular flexibility index (Phi) is 5.36. The summed E-state index contributed by atoms with van der Waals surface area (Å²) in [4.78, 5) is 18.0. The molecule has 1 amide bonds. The van der Waals surface area contributed by atoms with Crippen LogP contribution in [0.3, 0.4) is 0 Å². The molecule has 1 atom stereocenters. The van der Waals surface area contributed by atoms with Gasteiger partial charge in [0.2, 0.25) is 0 Å². The summed E-state index contributed by atoms with van der Waals surface area (Å²) in [5.41, 5.74) is 5.08. The molecule has 2 aliphatic rings. The van der Waals surface area contributed by atoms with Gasteiger partial charge in [0.25, 0.3) is 5.91 Å². The van der Waals surface area contributed by atoms with Gasteiger partial charge in [-0.25, -0.2) is 0 Å². The van der Waals surface area contributed by atoms with Gasteiger partial charge in [-0.05, 0) is 50.3 Å². The highest BCUT2D eigenvalue weighted by atomic mass is 16.5. The van der Waals surface area contributed by atoms with Crippen LogP contribution in [0.2, 0.25) is 0 Å². The van der Waals surface area contributed by atoms with Crippen molar-refractivity contribution >= 4 is 5.91 Å². The third-order valence-electron chi connectivity index (χ3n) is 6.97. The molecule has 5 rings (SSSR count). The van der Waals surface area contributed by atoms with E-state index >= 15 is 0 Å². The van der Waals surface area contributed by atoms with Crippen LogP contribution in [-0.2, 0) is 12.8 Å². The van der Waals surface area contributed by atoms with Gasteiger partial charge in [-0.15, -0.1) is 0 Å². The van der Waals surface area contributed by atoms with Gasteiger partial charge < -0.3 is 9.42 Å². The second kappa shape index (κ2) is 8.31. The summed E-state index contributed by atoms with van der Waals surface area (Å²) < 4.78 is 5.44. The molecule has 160 valence electrons. The van der Waals surface area contributed by atoms with Crippen molar-refractivity contribution in [1.29, 1.82) is 0 Å². The smallest absolute Gasteiger partial charge is 0.259 e. The highest BCUT2D eigenvalue weighted by molar-refractivity contribution is 6.00. The summed E-state index contributed by atoms with van der Waals surface area (Å²) >= 11 is 0. The van der Waals surface area contributed by atoms with Crippen molar-refractivity contribution in [2.45, 2.75) is 44.7 Å². The number of hydrogen-bond donors (Lipinski definition) is 0. The lowest BCUT2D eigenvalue weighted by Crippen LogP contribution is -2.51. The fourth-order valence-corrected chi connectivity index (χ4v) is 5.18. The van der Waals surface area contributed by atoms with Crippen molar-refractivity contribution < 1.29 is 9.32 Å². The molecule has 2 heterocycles. The van der Waals surface area contributed by atoms with E-state index in [1.165, 1.54) is 11.1 Å². The van der Waals surface area contributed by atoms with Gasteiger partial charge in [-0.2, -0.15) is 0 Å². The number of nitrogens with zero attached hydrogens (tertiary/aromatic N) is 3. The van der Waals surface area contributed by atoms with Crippen molar-refractivity contribution in [1.82, 2.24) is 15.0 Å². The van der Waals surface area contributed by atoms with Crippen molar-refractivity contribution in [3.8, 4) is 11.3 Å². The maximum Gasteiger partial charge on any atom is 0.259 e. The van der Waals surface area contributed by atoms with Gasteiger partial charge in [0.05, 0.1) is 0 Å². The molecule has 2 aromatic carbocycles.